The van der Waals surface area contributed by atoms with E-state index in [-0.39, 0.29) is 52.9 Å². The molecule has 0 spiro atoms. The van der Waals surface area contributed by atoms with E-state index in [1.807, 2.05) is 0 Å². The van der Waals surface area contributed by atoms with Crippen molar-refractivity contribution < 1.29 is 90.4 Å². The van der Waals surface area contributed by atoms with Crippen LogP contribution in [0.5, 0.6) is 0 Å². The van der Waals surface area contributed by atoms with E-state index in [1.165, 1.54) is 14.2 Å². The summed E-state index contributed by atoms with van der Waals surface area (Å²) in [7, 11) is 2.70. The average molecular weight is 639 g/mol. The molecule has 0 radical (unpaired) electrons. The van der Waals surface area contributed by atoms with E-state index in [9.17, 15) is 52.7 Å². The lowest BCUT2D eigenvalue weighted by molar-refractivity contribution is -0.262. The van der Waals surface area contributed by atoms with Gasteiger partial charge in [0.2, 0.25) is 0 Å². The third-order valence-electron chi connectivity index (χ3n) is 5.16. The molecule has 21 heteroatoms. The molecule has 0 aliphatic carbocycles. The van der Waals surface area contributed by atoms with E-state index in [2.05, 4.69) is 18.8 Å². The first-order chi connectivity index (χ1) is 18.9. The molecule has 0 heterocycles. The minimum atomic E-state index is -6.71. The van der Waals surface area contributed by atoms with Gasteiger partial charge in [-0.25, -0.2) is 0 Å². The number of methoxy groups -OCH3 is 2. The van der Waals surface area contributed by atoms with Gasteiger partial charge in [0.05, 0.1) is 77.7 Å². The van der Waals surface area contributed by atoms with Crippen LogP contribution < -0.4 is 0 Å². The molecule has 8 nitrogen and oxygen atoms in total. The number of alkyl halides is 12. The second-order valence-corrected chi connectivity index (χ2v) is 8.13. The van der Waals surface area contributed by atoms with Crippen molar-refractivity contribution in [1.29, 1.82) is 0 Å². The highest BCUT2D eigenvalue weighted by Crippen LogP contribution is 2.61. The average Bonchev–Trinajstić information content (AvgIpc) is 2.78. The Labute approximate surface area is 227 Å². The quantitative estimate of drug-likeness (QED) is 0.0951. The van der Waals surface area contributed by atoms with E-state index >= 15 is 0 Å². The van der Waals surface area contributed by atoms with Crippen LogP contribution >= 0.6 is 0 Å². The second-order valence-electron chi connectivity index (χ2n) is 8.13. The van der Waals surface area contributed by atoms with Gasteiger partial charge in [-0.15, -0.1) is 0 Å². The maximum Gasteiger partial charge on any atom is 0.374 e. The topological polar surface area (TPSA) is 73.8 Å². The molecule has 0 aliphatic heterocycles. The molecule has 0 N–H and O–H groups in total. The molecule has 41 heavy (non-hydrogen) atoms. The highest BCUT2D eigenvalue weighted by Gasteiger charge is 2.75. The molecular weight excluding hydrogens is 607 g/mol. The van der Waals surface area contributed by atoms with Gasteiger partial charge < -0.3 is 37.7 Å². The number of hydrogen-bond acceptors (Lipinski definition) is 8. The van der Waals surface area contributed by atoms with E-state index in [0.29, 0.717) is 0 Å². The van der Waals surface area contributed by atoms with Gasteiger partial charge in [0.1, 0.15) is 0 Å². The first kappa shape index (κ1) is 39.9. The van der Waals surface area contributed by atoms with Crippen LogP contribution in [0.3, 0.4) is 0 Å². The van der Waals surface area contributed by atoms with Crippen molar-refractivity contribution in [3.63, 3.8) is 0 Å². The van der Waals surface area contributed by atoms with Crippen molar-refractivity contribution in [2.45, 2.75) is 36.3 Å². The zero-order chi connectivity index (χ0) is 31.8. The summed E-state index contributed by atoms with van der Waals surface area (Å²) >= 11 is 0. The summed E-state index contributed by atoms with van der Waals surface area (Å²) in [6.45, 7) is -12.2. The molecule has 0 aromatic carbocycles. The van der Waals surface area contributed by atoms with Crippen molar-refractivity contribution in [1.82, 2.24) is 0 Å². The lowest BCUT2D eigenvalue weighted by atomic mass is 9.37. The predicted molar refractivity (Wildman–Crippen MR) is 116 cm³/mol. The largest absolute Gasteiger partial charge is 0.565 e. The van der Waals surface area contributed by atoms with Crippen molar-refractivity contribution >= 4 is 6.55 Å². The number of halogens is 12. The van der Waals surface area contributed by atoms with Crippen LogP contribution in [0.4, 0.5) is 52.7 Å². The van der Waals surface area contributed by atoms with Crippen LogP contribution in [0, 0.1) is 0 Å². The van der Waals surface area contributed by atoms with E-state index in [0.717, 1.165) is 0 Å². The van der Waals surface area contributed by atoms with Crippen LogP contribution in [-0.2, 0) is 37.7 Å². The Hall–Kier alpha value is -1.10. The van der Waals surface area contributed by atoms with Crippen LogP contribution in [-0.4, -0.2) is 125 Å². The Morgan fingerprint density at radius 1 is 0.390 bits per heavy atom. The molecule has 0 rings (SSSR count). The Morgan fingerprint density at radius 2 is 0.610 bits per heavy atom. The third-order valence-corrected chi connectivity index (χ3v) is 5.16. The monoisotopic (exact) mass is 639 g/mol. The molecule has 0 fully saturated rings. The summed E-state index contributed by atoms with van der Waals surface area (Å²) in [4.78, 5) is 0. The summed E-state index contributed by atoms with van der Waals surface area (Å²) in [5.74, 6) is -10.6. The summed E-state index contributed by atoms with van der Waals surface area (Å²) in [6, 6.07) is 0. The number of hydrogen-bond donors (Lipinski definition) is 0. The first-order valence-electron chi connectivity index (χ1n) is 11.8. The van der Waals surface area contributed by atoms with Crippen molar-refractivity contribution in [2.75, 3.05) is 93.5 Å². The van der Waals surface area contributed by atoms with Crippen LogP contribution in [0.2, 0.25) is 11.6 Å². The Kier molecular flexibility index (Phi) is 18.0. The fourth-order valence-electron chi connectivity index (χ4n) is 3.56. The van der Waals surface area contributed by atoms with Gasteiger partial charge in [-0.05, 0) is 0 Å². The molecule has 0 unspecified atom stereocenters. The summed E-state index contributed by atoms with van der Waals surface area (Å²) < 4.78 is 202. The van der Waals surface area contributed by atoms with Crippen LogP contribution in [0.1, 0.15) is 0 Å². The van der Waals surface area contributed by atoms with Gasteiger partial charge >= 0.3 is 24.7 Å². The van der Waals surface area contributed by atoms with Crippen LogP contribution in [0.25, 0.3) is 0 Å². The fourth-order valence-corrected chi connectivity index (χ4v) is 3.56. The molecule has 248 valence electrons. The number of ether oxygens (including phenoxy) is 6. The molecule has 0 amide bonds. The molecule has 0 atom stereocenters. The zero-order valence-corrected chi connectivity index (χ0v) is 22.0. The van der Waals surface area contributed by atoms with Gasteiger partial charge in [-0.1, -0.05) is 0 Å². The normalized spacial score (nSPS) is 14.0. The molecule has 0 saturated heterocycles. The maximum atomic E-state index is 13.7. The smallest absolute Gasteiger partial charge is 0.374 e. The Morgan fingerprint density at radius 3 is 0.829 bits per heavy atom. The Balaban J connectivity index is 6.09. The van der Waals surface area contributed by atoms with E-state index in [1.54, 1.807) is 0 Å². The maximum absolute atomic E-state index is 13.7. The van der Waals surface area contributed by atoms with Gasteiger partial charge in [-0.3, -0.25) is 0 Å². The van der Waals surface area contributed by atoms with Crippen LogP contribution in [0.15, 0.2) is 0 Å². The molecule has 0 bridgehead atoms. The van der Waals surface area contributed by atoms with Gasteiger partial charge in [0.15, 0.2) is 0 Å². The molecular formula is C20H32BF12O8-. The molecule has 0 aliphatic rings. The highest BCUT2D eigenvalue weighted by molar-refractivity contribution is 6.71. The standard InChI is InChI=1S/C20H32BF12O8/c1-34-3-5-36-7-9-38-11-13-40-21(15(17(22,23)24)18(25,26)27,16(19(28,29)30)20(31,32)33)41-14-12-39-10-8-37-6-4-35-2/h15-16H,3-14H2,1-2H3/q-1. The van der Waals surface area contributed by atoms with Gasteiger partial charge in [0.25, 0.3) is 6.55 Å². The molecule has 0 aromatic heterocycles. The van der Waals surface area contributed by atoms with E-state index in [4.69, 9.17) is 18.9 Å². The van der Waals surface area contributed by atoms with Crippen molar-refractivity contribution in [3.05, 3.63) is 0 Å². The summed E-state index contributed by atoms with van der Waals surface area (Å²) in [6.07, 6.45) is -26.8. The van der Waals surface area contributed by atoms with Gasteiger partial charge in [0, 0.05) is 27.4 Å². The minimum absolute atomic E-state index is 0.0649. The van der Waals surface area contributed by atoms with Gasteiger partial charge in [-0.2, -0.15) is 52.7 Å². The lowest BCUT2D eigenvalue weighted by Gasteiger charge is -2.52. The zero-order valence-electron chi connectivity index (χ0n) is 22.0. The number of rotatable bonds is 22. The van der Waals surface area contributed by atoms with Crippen molar-refractivity contribution in [2.24, 2.45) is 0 Å². The fraction of sp³-hybridized carbons (Fsp3) is 1.00. The second kappa shape index (κ2) is 18.5. The lowest BCUT2D eigenvalue weighted by Crippen LogP contribution is -2.66. The van der Waals surface area contributed by atoms with E-state index < -0.39 is 69.3 Å². The summed E-state index contributed by atoms with van der Waals surface area (Å²) in [5, 5.41) is 0. The third kappa shape index (κ3) is 15.3. The Bertz CT molecular complexity index is 593. The minimum Gasteiger partial charge on any atom is -0.565 e. The highest BCUT2D eigenvalue weighted by atomic mass is 19.4. The SMILES string of the molecule is COCCOCCOCCO[B-](OCCOCCOCCOC)(C(C(F)(F)F)C(F)(F)F)C(C(F)(F)F)C(F)(F)F. The molecule has 0 aromatic rings. The summed E-state index contributed by atoms with van der Waals surface area (Å²) in [5.41, 5.74) is 0. The van der Waals surface area contributed by atoms with Crippen molar-refractivity contribution in [3.8, 4) is 0 Å². The predicted octanol–water partition coefficient (Wildman–Crippen LogP) is 4.81. The first-order valence-corrected chi connectivity index (χ1v) is 11.8. The molecule has 0 saturated carbocycles.